The van der Waals surface area contributed by atoms with Gasteiger partial charge in [0.05, 0.1) is 24.1 Å². The second-order valence-corrected chi connectivity index (χ2v) is 7.26. The lowest BCUT2D eigenvalue weighted by Crippen LogP contribution is -2.18. The van der Waals surface area contributed by atoms with Crippen molar-refractivity contribution in [2.24, 2.45) is 5.10 Å². The maximum absolute atomic E-state index is 13.8. The average Bonchev–Trinajstić information content (AvgIpc) is 3.28. The van der Waals surface area contributed by atoms with Crippen molar-refractivity contribution in [1.82, 2.24) is 15.2 Å². The number of amides is 1. The highest BCUT2D eigenvalue weighted by atomic mass is 19.1. The summed E-state index contributed by atoms with van der Waals surface area (Å²) in [5.74, 6) is -0.442. The molecule has 0 radical (unpaired) electrons. The summed E-state index contributed by atoms with van der Waals surface area (Å²) in [5, 5.41) is 8.77. The van der Waals surface area contributed by atoms with Crippen LogP contribution in [0, 0.1) is 5.82 Å². The molecule has 4 aromatic rings. The normalized spacial score (nSPS) is 11.0. The Bertz CT molecular complexity index is 1250. The molecule has 7 heteroatoms. The van der Waals surface area contributed by atoms with Crippen LogP contribution in [-0.4, -0.2) is 28.5 Å². The van der Waals surface area contributed by atoms with Crippen molar-refractivity contribution in [2.75, 3.05) is 6.61 Å². The number of para-hydroxylation sites is 1. The number of aromatic nitrogens is 2. The highest BCUT2D eigenvalue weighted by Gasteiger charge is 2.13. The van der Waals surface area contributed by atoms with E-state index in [1.807, 2.05) is 60.8 Å². The highest BCUT2D eigenvalue weighted by molar-refractivity contribution is 5.95. The van der Waals surface area contributed by atoms with Crippen LogP contribution < -0.4 is 10.2 Å². The van der Waals surface area contributed by atoms with E-state index in [2.05, 4.69) is 17.5 Å². The van der Waals surface area contributed by atoms with E-state index in [9.17, 15) is 9.18 Å². The molecule has 0 aliphatic carbocycles. The molecule has 166 valence electrons. The lowest BCUT2D eigenvalue weighted by molar-refractivity contribution is 0.0951. The molecule has 3 aromatic carbocycles. The van der Waals surface area contributed by atoms with E-state index in [0.29, 0.717) is 17.9 Å². The summed E-state index contributed by atoms with van der Waals surface area (Å²) in [6.45, 7) is 2.71. The van der Waals surface area contributed by atoms with E-state index in [1.54, 1.807) is 10.7 Å². The smallest absolute Gasteiger partial charge is 0.274 e. The Hall–Kier alpha value is -4.26. The second kappa shape index (κ2) is 10.4. The zero-order valence-corrected chi connectivity index (χ0v) is 18.1. The van der Waals surface area contributed by atoms with Gasteiger partial charge in [0.2, 0.25) is 0 Å². The molecule has 33 heavy (non-hydrogen) atoms. The van der Waals surface area contributed by atoms with Crippen LogP contribution in [0.2, 0.25) is 0 Å². The molecule has 0 spiro atoms. The number of hydrogen-bond acceptors (Lipinski definition) is 4. The molecule has 0 unspecified atom stereocenters. The summed E-state index contributed by atoms with van der Waals surface area (Å²) < 4.78 is 21.3. The van der Waals surface area contributed by atoms with E-state index in [0.717, 1.165) is 23.4 Å². The summed E-state index contributed by atoms with van der Waals surface area (Å²) in [4.78, 5) is 12.3. The second-order valence-electron chi connectivity index (χ2n) is 7.26. The first-order valence-electron chi connectivity index (χ1n) is 10.6. The molecule has 1 heterocycles. The SMILES string of the molecule is CCCOc1ccc(-c2nn(-c3ccccc3)cc2/C=N\NC(=O)c2ccccc2F)cc1. The number of carbonyl (C=O) groups is 1. The Morgan fingerprint density at radius 2 is 1.79 bits per heavy atom. The van der Waals surface area contributed by atoms with Crippen LogP contribution in [0.25, 0.3) is 16.9 Å². The van der Waals surface area contributed by atoms with Gasteiger partial charge in [-0.15, -0.1) is 0 Å². The van der Waals surface area contributed by atoms with Crippen molar-refractivity contribution in [2.45, 2.75) is 13.3 Å². The van der Waals surface area contributed by atoms with Gasteiger partial charge in [0, 0.05) is 17.3 Å². The van der Waals surface area contributed by atoms with Crippen LogP contribution >= 0.6 is 0 Å². The van der Waals surface area contributed by atoms with E-state index in [-0.39, 0.29) is 5.56 Å². The van der Waals surface area contributed by atoms with Crippen LogP contribution in [0.1, 0.15) is 29.3 Å². The molecular weight excluding hydrogens is 419 g/mol. The number of rotatable bonds is 8. The number of hydrogen-bond donors (Lipinski definition) is 1. The predicted molar refractivity (Wildman–Crippen MR) is 126 cm³/mol. The van der Waals surface area contributed by atoms with Gasteiger partial charge in [0.1, 0.15) is 17.3 Å². The zero-order chi connectivity index (χ0) is 23.0. The number of hydrazone groups is 1. The summed E-state index contributed by atoms with van der Waals surface area (Å²) in [7, 11) is 0. The molecule has 0 saturated carbocycles. The predicted octanol–water partition coefficient (Wildman–Crippen LogP) is 5.23. The van der Waals surface area contributed by atoms with Crippen molar-refractivity contribution < 1.29 is 13.9 Å². The van der Waals surface area contributed by atoms with E-state index < -0.39 is 11.7 Å². The fraction of sp³-hybridized carbons (Fsp3) is 0.115. The van der Waals surface area contributed by atoms with Crippen LogP contribution in [0.3, 0.4) is 0 Å². The lowest BCUT2D eigenvalue weighted by atomic mass is 10.1. The quantitative estimate of drug-likeness (QED) is 0.300. The third-order valence-electron chi connectivity index (χ3n) is 4.85. The molecule has 6 nitrogen and oxygen atoms in total. The molecule has 0 aliphatic rings. The fourth-order valence-electron chi connectivity index (χ4n) is 3.21. The number of ether oxygens (including phenoxy) is 1. The van der Waals surface area contributed by atoms with Gasteiger partial charge in [-0.1, -0.05) is 37.3 Å². The van der Waals surface area contributed by atoms with Gasteiger partial charge in [0.25, 0.3) is 5.91 Å². The summed E-state index contributed by atoms with van der Waals surface area (Å²) >= 11 is 0. The maximum atomic E-state index is 13.8. The van der Waals surface area contributed by atoms with Gasteiger partial charge in [-0.05, 0) is 55.0 Å². The van der Waals surface area contributed by atoms with Crippen molar-refractivity contribution in [3.8, 4) is 22.7 Å². The topological polar surface area (TPSA) is 68.5 Å². The van der Waals surface area contributed by atoms with Crippen LogP contribution in [-0.2, 0) is 0 Å². The van der Waals surface area contributed by atoms with Gasteiger partial charge < -0.3 is 4.74 Å². The van der Waals surface area contributed by atoms with Gasteiger partial charge >= 0.3 is 0 Å². The minimum atomic E-state index is -0.626. The van der Waals surface area contributed by atoms with E-state index in [1.165, 1.54) is 24.4 Å². The molecule has 1 N–H and O–H groups in total. The molecule has 1 amide bonds. The Morgan fingerprint density at radius 3 is 2.52 bits per heavy atom. The van der Waals surface area contributed by atoms with E-state index in [4.69, 9.17) is 9.84 Å². The third-order valence-corrected chi connectivity index (χ3v) is 4.85. The molecular formula is C26H23FN4O2. The maximum Gasteiger partial charge on any atom is 0.274 e. The summed E-state index contributed by atoms with van der Waals surface area (Å²) in [5.41, 5.74) is 5.44. The number of halogens is 1. The lowest BCUT2D eigenvalue weighted by Gasteiger charge is -2.05. The number of nitrogens with one attached hydrogen (secondary N) is 1. The van der Waals surface area contributed by atoms with Crippen molar-refractivity contribution in [1.29, 1.82) is 0 Å². The largest absolute Gasteiger partial charge is 0.494 e. The minimum absolute atomic E-state index is 0.0717. The van der Waals surface area contributed by atoms with Gasteiger partial charge in [-0.25, -0.2) is 14.5 Å². The van der Waals surface area contributed by atoms with Crippen LogP contribution in [0.15, 0.2) is 90.2 Å². The van der Waals surface area contributed by atoms with Crippen molar-refractivity contribution in [3.05, 3.63) is 102 Å². The van der Waals surface area contributed by atoms with Crippen molar-refractivity contribution >= 4 is 12.1 Å². The minimum Gasteiger partial charge on any atom is -0.494 e. The fourth-order valence-corrected chi connectivity index (χ4v) is 3.21. The Kier molecular flexibility index (Phi) is 6.90. The Balaban J connectivity index is 1.62. The summed E-state index contributed by atoms with van der Waals surface area (Å²) in [6, 6.07) is 23.1. The molecule has 4 rings (SSSR count). The molecule has 1 aromatic heterocycles. The molecule has 0 fully saturated rings. The monoisotopic (exact) mass is 442 g/mol. The van der Waals surface area contributed by atoms with Gasteiger partial charge in [-0.2, -0.15) is 10.2 Å². The van der Waals surface area contributed by atoms with E-state index >= 15 is 0 Å². The van der Waals surface area contributed by atoms with Crippen LogP contribution in [0.5, 0.6) is 5.75 Å². The zero-order valence-electron chi connectivity index (χ0n) is 18.1. The number of nitrogens with zero attached hydrogens (tertiary/aromatic N) is 3. The highest BCUT2D eigenvalue weighted by Crippen LogP contribution is 2.25. The summed E-state index contributed by atoms with van der Waals surface area (Å²) in [6.07, 6.45) is 4.26. The third kappa shape index (κ3) is 5.33. The average molecular weight is 442 g/mol. The number of carbonyl (C=O) groups excluding carboxylic acids is 1. The van der Waals surface area contributed by atoms with Gasteiger partial charge in [0.15, 0.2) is 0 Å². The first-order valence-corrected chi connectivity index (χ1v) is 10.6. The molecule has 0 aliphatic heterocycles. The standard InChI is InChI=1S/C26H23FN4O2/c1-2-16-33-22-14-12-19(13-15-22)25-20(18-31(30-25)21-8-4-3-5-9-21)17-28-29-26(32)23-10-6-7-11-24(23)27/h3-15,17-18H,2,16H2,1H3,(H,29,32)/b28-17-. The molecule has 0 atom stereocenters. The Labute approximate surface area is 191 Å². The van der Waals surface area contributed by atoms with Crippen LogP contribution in [0.4, 0.5) is 4.39 Å². The van der Waals surface area contributed by atoms with Gasteiger partial charge in [-0.3, -0.25) is 4.79 Å². The Morgan fingerprint density at radius 1 is 1.06 bits per heavy atom. The molecule has 0 saturated heterocycles. The first-order chi connectivity index (χ1) is 16.2. The first kappa shape index (κ1) is 22.0. The molecule has 0 bridgehead atoms. The number of benzene rings is 3. The van der Waals surface area contributed by atoms with Crippen molar-refractivity contribution in [3.63, 3.8) is 0 Å².